The monoisotopic (exact) mass is 443 g/mol. The standard InChI is InChI=1S/C28H33N3O2/c1-20-13-15-21(16-14-20)18-31-26(32)25-17-22-9-7-8-12-24(22)30(25)19-28(31,2)27(33)29-23-10-5-3-4-6-11-23/h7-9,12-17,23H,3-6,10-11,18-19H2,1-2H3,(H,29,33)/t28-/m1/s1. The van der Waals surface area contributed by atoms with Crippen LogP contribution in [0.25, 0.3) is 10.9 Å². The van der Waals surface area contributed by atoms with Gasteiger partial charge in [-0.1, -0.05) is 73.7 Å². The lowest BCUT2D eigenvalue weighted by molar-refractivity contribution is -0.134. The minimum absolute atomic E-state index is 0.0432. The molecule has 0 bridgehead atoms. The number of carbonyl (C=O) groups is 2. The predicted octanol–water partition coefficient (Wildman–Crippen LogP) is 5.20. The molecule has 1 aromatic heterocycles. The van der Waals surface area contributed by atoms with Gasteiger partial charge in [0.2, 0.25) is 5.91 Å². The quantitative estimate of drug-likeness (QED) is 0.563. The molecule has 1 aliphatic carbocycles. The van der Waals surface area contributed by atoms with Crippen molar-refractivity contribution >= 4 is 22.7 Å². The van der Waals surface area contributed by atoms with Gasteiger partial charge in [-0.3, -0.25) is 9.59 Å². The molecule has 1 atom stereocenters. The number of para-hydroxylation sites is 1. The Bertz CT molecular complexity index is 1170. The third-order valence-corrected chi connectivity index (χ3v) is 7.48. The van der Waals surface area contributed by atoms with Gasteiger partial charge in [0.15, 0.2) is 0 Å². The Hall–Kier alpha value is -3.08. The largest absolute Gasteiger partial charge is 0.351 e. The lowest BCUT2D eigenvalue weighted by Crippen LogP contribution is -2.64. The number of hydrogen-bond acceptors (Lipinski definition) is 2. The number of benzene rings is 2. The van der Waals surface area contributed by atoms with Crippen molar-refractivity contribution in [1.82, 2.24) is 14.8 Å². The van der Waals surface area contributed by atoms with E-state index in [0.29, 0.717) is 18.8 Å². The molecule has 1 fully saturated rings. The van der Waals surface area contributed by atoms with Crippen LogP contribution in [0.3, 0.4) is 0 Å². The summed E-state index contributed by atoms with van der Waals surface area (Å²) in [5.41, 5.74) is 2.90. The van der Waals surface area contributed by atoms with Gasteiger partial charge in [0.25, 0.3) is 5.91 Å². The third-order valence-electron chi connectivity index (χ3n) is 7.48. The van der Waals surface area contributed by atoms with Crippen LogP contribution < -0.4 is 5.32 Å². The Morgan fingerprint density at radius 3 is 2.45 bits per heavy atom. The molecule has 0 unspecified atom stereocenters. The molecule has 1 saturated carbocycles. The van der Waals surface area contributed by atoms with Gasteiger partial charge in [-0.05, 0) is 44.4 Å². The summed E-state index contributed by atoms with van der Waals surface area (Å²) in [6.07, 6.45) is 6.82. The van der Waals surface area contributed by atoms with Crippen molar-refractivity contribution in [2.75, 3.05) is 0 Å². The highest BCUT2D eigenvalue weighted by molar-refractivity contribution is 6.03. The minimum Gasteiger partial charge on any atom is -0.351 e. The normalized spacial score (nSPS) is 21.6. The number of nitrogens with one attached hydrogen (secondary N) is 1. The Kier molecular flexibility index (Phi) is 5.73. The van der Waals surface area contributed by atoms with Crippen molar-refractivity contribution in [3.05, 3.63) is 71.4 Å². The SMILES string of the molecule is Cc1ccc(CN2C(=O)c3cc4ccccc4n3C[C@]2(C)C(=O)NC2CCCCCC2)cc1. The van der Waals surface area contributed by atoms with E-state index < -0.39 is 5.54 Å². The first-order chi connectivity index (χ1) is 16.0. The maximum Gasteiger partial charge on any atom is 0.271 e. The molecule has 0 spiro atoms. The maximum absolute atomic E-state index is 13.9. The molecular formula is C28H33N3O2. The van der Waals surface area contributed by atoms with Crippen molar-refractivity contribution in [2.45, 2.75) is 77.0 Å². The van der Waals surface area contributed by atoms with E-state index in [4.69, 9.17) is 0 Å². The highest BCUT2D eigenvalue weighted by Crippen LogP contribution is 2.34. The van der Waals surface area contributed by atoms with Gasteiger partial charge in [0.05, 0.1) is 6.54 Å². The minimum atomic E-state index is -0.969. The molecule has 3 aromatic rings. The Labute approximate surface area is 195 Å². The first kappa shape index (κ1) is 21.7. The summed E-state index contributed by atoms with van der Waals surface area (Å²) in [6.45, 7) is 4.85. The third kappa shape index (κ3) is 4.05. The van der Waals surface area contributed by atoms with Crippen LogP contribution in [0.5, 0.6) is 0 Å². The second-order valence-corrected chi connectivity index (χ2v) is 9.99. The van der Waals surface area contributed by atoms with Gasteiger partial charge in [0, 0.05) is 23.5 Å². The van der Waals surface area contributed by atoms with E-state index in [9.17, 15) is 9.59 Å². The molecule has 172 valence electrons. The topological polar surface area (TPSA) is 54.3 Å². The van der Waals surface area contributed by atoms with Crippen LogP contribution in [0.2, 0.25) is 0 Å². The van der Waals surface area contributed by atoms with Crippen molar-refractivity contribution in [2.24, 2.45) is 0 Å². The van der Waals surface area contributed by atoms with Crippen LogP contribution in [0.15, 0.2) is 54.6 Å². The van der Waals surface area contributed by atoms with Crippen molar-refractivity contribution in [1.29, 1.82) is 0 Å². The fraction of sp³-hybridized carbons (Fsp3) is 0.429. The zero-order valence-electron chi connectivity index (χ0n) is 19.6. The van der Waals surface area contributed by atoms with E-state index in [1.807, 2.05) is 41.8 Å². The first-order valence-electron chi connectivity index (χ1n) is 12.2. The molecule has 0 saturated heterocycles. The second kappa shape index (κ2) is 8.69. The average molecular weight is 444 g/mol. The number of amides is 2. The molecule has 1 aliphatic heterocycles. The Morgan fingerprint density at radius 1 is 1.03 bits per heavy atom. The summed E-state index contributed by atoms with van der Waals surface area (Å²) in [5.74, 6) is -0.130. The van der Waals surface area contributed by atoms with Crippen molar-refractivity contribution < 1.29 is 9.59 Å². The number of nitrogens with zero attached hydrogens (tertiary/aromatic N) is 2. The highest BCUT2D eigenvalue weighted by Gasteiger charge is 2.48. The molecule has 33 heavy (non-hydrogen) atoms. The lowest BCUT2D eigenvalue weighted by atomic mass is 9.93. The molecule has 2 aliphatic rings. The van der Waals surface area contributed by atoms with Crippen LogP contribution in [-0.4, -0.2) is 32.9 Å². The number of fused-ring (bicyclic) bond motifs is 3. The van der Waals surface area contributed by atoms with Gasteiger partial charge < -0.3 is 14.8 Å². The maximum atomic E-state index is 13.9. The molecular weight excluding hydrogens is 410 g/mol. The fourth-order valence-electron chi connectivity index (χ4n) is 5.39. The van der Waals surface area contributed by atoms with Crippen molar-refractivity contribution in [3.8, 4) is 0 Å². The van der Waals surface area contributed by atoms with Crippen LogP contribution >= 0.6 is 0 Å². The van der Waals surface area contributed by atoms with E-state index in [-0.39, 0.29) is 17.9 Å². The van der Waals surface area contributed by atoms with Crippen LogP contribution in [0.1, 0.15) is 67.1 Å². The second-order valence-electron chi connectivity index (χ2n) is 9.99. The average Bonchev–Trinajstić information content (AvgIpc) is 2.98. The van der Waals surface area contributed by atoms with Gasteiger partial charge in [0.1, 0.15) is 11.2 Å². The molecule has 0 radical (unpaired) electrons. The van der Waals surface area contributed by atoms with E-state index in [1.165, 1.54) is 18.4 Å². The van der Waals surface area contributed by atoms with Gasteiger partial charge in [-0.2, -0.15) is 0 Å². The zero-order valence-corrected chi connectivity index (χ0v) is 19.6. The molecule has 5 rings (SSSR count). The molecule has 2 amide bonds. The molecule has 1 N–H and O–H groups in total. The lowest BCUT2D eigenvalue weighted by Gasteiger charge is -2.44. The number of carbonyl (C=O) groups excluding carboxylic acids is 2. The molecule has 2 heterocycles. The summed E-state index contributed by atoms with van der Waals surface area (Å²) in [6, 6.07) is 18.4. The van der Waals surface area contributed by atoms with Gasteiger partial charge >= 0.3 is 0 Å². The number of aryl methyl sites for hydroxylation is 1. The highest BCUT2D eigenvalue weighted by atomic mass is 16.2. The van der Waals surface area contributed by atoms with Crippen LogP contribution in [-0.2, 0) is 17.9 Å². The van der Waals surface area contributed by atoms with Crippen LogP contribution in [0.4, 0.5) is 0 Å². The number of hydrogen-bond donors (Lipinski definition) is 1. The number of aromatic nitrogens is 1. The van der Waals surface area contributed by atoms with E-state index in [0.717, 1.165) is 42.1 Å². The Balaban J connectivity index is 1.53. The number of rotatable bonds is 4. The summed E-state index contributed by atoms with van der Waals surface area (Å²) < 4.78 is 2.04. The van der Waals surface area contributed by atoms with Crippen LogP contribution in [0, 0.1) is 6.92 Å². The Morgan fingerprint density at radius 2 is 1.73 bits per heavy atom. The van der Waals surface area contributed by atoms with E-state index in [2.05, 4.69) is 36.5 Å². The fourth-order valence-corrected chi connectivity index (χ4v) is 5.39. The molecule has 5 nitrogen and oxygen atoms in total. The molecule has 2 aromatic carbocycles. The summed E-state index contributed by atoms with van der Waals surface area (Å²) in [5, 5.41) is 4.37. The zero-order chi connectivity index (χ0) is 23.0. The van der Waals surface area contributed by atoms with Gasteiger partial charge in [-0.15, -0.1) is 0 Å². The van der Waals surface area contributed by atoms with E-state index in [1.54, 1.807) is 4.90 Å². The van der Waals surface area contributed by atoms with Gasteiger partial charge in [-0.25, -0.2) is 0 Å². The smallest absolute Gasteiger partial charge is 0.271 e. The summed E-state index contributed by atoms with van der Waals surface area (Å²) >= 11 is 0. The van der Waals surface area contributed by atoms with Crippen molar-refractivity contribution in [3.63, 3.8) is 0 Å². The summed E-state index contributed by atoms with van der Waals surface area (Å²) in [7, 11) is 0. The molecule has 5 heteroatoms. The van der Waals surface area contributed by atoms with E-state index >= 15 is 0 Å². The first-order valence-corrected chi connectivity index (χ1v) is 12.2. The summed E-state index contributed by atoms with van der Waals surface area (Å²) in [4.78, 5) is 29.5. The predicted molar refractivity (Wildman–Crippen MR) is 131 cm³/mol.